The predicted molar refractivity (Wildman–Crippen MR) is 57.0 cm³/mol. The van der Waals surface area contributed by atoms with Crippen LogP contribution in [0, 0.1) is 11.6 Å². The van der Waals surface area contributed by atoms with Crippen LogP contribution in [0.3, 0.4) is 0 Å². The molecule has 0 N–H and O–H groups in total. The molecule has 0 aliphatic heterocycles. The van der Waals surface area contributed by atoms with E-state index in [2.05, 4.69) is 4.74 Å². The predicted octanol–water partition coefficient (Wildman–Crippen LogP) is 3.19. The zero-order valence-corrected chi connectivity index (χ0v) is 9.22. The number of esters is 1. The van der Waals surface area contributed by atoms with Gasteiger partial charge in [-0.25, -0.2) is 13.6 Å². The Morgan fingerprint density at radius 2 is 2.06 bits per heavy atom. The quantitative estimate of drug-likeness (QED) is 0.465. The number of carbonyl (C=O) groups excluding carboxylic acids is 1. The SMILES string of the molecule is CCOC(=O)C=Cc1c(F)ccc(F)c1Cl. The normalized spacial score (nSPS) is 10.8. The summed E-state index contributed by atoms with van der Waals surface area (Å²) in [4.78, 5) is 11.0. The lowest BCUT2D eigenvalue weighted by molar-refractivity contribution is -0.137. The van der Waals surface area contributed by atoms with Gasteiger partial charge in [0.2, 0.25) is 0 Å². The average Bonchev–Trinajstić information content (AvgIpc) is 2.24. The maximum atomic E-state index is 13.2. The van der Waals surface area contributed by atoms with Crippen LogP contribution in [0.4, 0.5) is 8.78 Å². The minimum Gasteiger partial charge on any atom is -0.463 e. The van der Waals surface area contributed by atoms with Gasteiger partial charge < -0.3 is 4.74 Å². The molecule has 0 spiro atoms. The summed E-state index contributed by atoms with van der Waals surface area (Å²) in [5.74, 6) is -2.08. The van der Waals surface area contributed by atoms with E-state index in [1.807, 2.05) is 0 Å². The van der Waals surface area contributed by atoms with Crippen LogP contribution in [0.1, 0.15) is 12.5 Å². The van der Waals surface area contributed by atoms with Gasteiger partial charge in [0.1, 0.15) is 11.6 Å². The zero-order valence-electron chi connectivity index (χ0n) is 8.47. The van der Waals surface area contributed by atoms with E-state index in [4.69, 9.17) is 11.6 Å². The molecule has 86 valence electrons. The zero-order chi connectivity index (χ0) is 12.1. The Kier molecular flexibility index (Phi) is 4.43. The molecule has 0 bridgehead atoms. The number of halogens is 3. The minimum atomic E-state index is -0.744. The Bertz CT molecular complexity index is 430. The molecule has 0 heterocycles. The topological polar surface area (TPSA) is 26.3 Å². The van der Waals surface area contributed by atoms with Crippen LogP contribution in [0.25, 0.3) is 6.08 Å². The summed E-state index contributed by atoms with van der Waals surface area (Å²) in [6, 6.07) is 1.85. The Hall–Kier alpha value is -1.42. The second kappa shape index (κ2) is 5.61. The molecular formula is C11H9ClF2O2. The first-order valence-corrected chi connectivity index (χ1v) is 4.92. The largest absolute Gasteiger partial charge is 0.463 e. The highest BCUT2D eigenvalue weighted by molar-refractivity contribution is 6.32. The van der Waals surface area contributed by atoms with E-state index in [9.17, 15) is 13.6 Å². The Labute approximate surface area is 96.5 Å². The molecule has 0 saturated heterocycles. The van der Waals surface area contributed by atoms with Gasteiger partial charge in [-0.15, -0.1) is 0 Å². The lowest BCUT2D eigenvalue weighted by Crippen LogP contribution is -1.99. The van der Waals surface area contributed by atoms with Crippen molar-refractivity contribution >= 4 is 23.6 Å². The van der Waals surface area contributed by atoms with E-state index in [0.717, 1.165) is 24.3 Å². The summed E-state index contributed by atoms with van der Waals surface area (Å²) in [7, 11) is 0. The second-order valence-electron chi connectivity index (χ2n) is 2.84. The summed E-state index contributed by atoms with van der Waals surface area (Å²) in [6.45, 7) is 1.85. The van der Waals surface area contributed by atoms with Crippen LogP contribution in [0.15, 0.2) is 18.2 Å². The van der Waals surface area contributed by atoms with Gasteiger partial charge in [0, 0.05) is 11.6 Å². The van der Waals surface area contributed by atoms with Crippen molar-refractivity contribution in [3.05, 3.63) is 40.4 Å². The van der Waals surface area contributed by atoms with Crippen LogP contribution in [-0.2, 0) is 9.53 Å². The first kappa shape index (κ1) is 12.6. The number of rotatable bonds is 3. The molecule has 0 aliphatic carbocycles. The molecule has 1 rings (SSSR count). The van der Waals surface area contributed by atoms with Crippen molar-refractivity contribution in [1.29, 1.82) is 0 Å². The van der Waals surface area contributed by atoms with Gasteiger partial charge in [0.25, 0.3) is 0 Å². The minimum absolute atomic E-state index is 0.172. The molecule has 0 radical (unpaired) electrons. The van der Waals surface area contributed by atoms with E-state index >= 15 is 0 Å². The number of benzene rings is 1. The lowest BCUT2D eigenvalue weighted by Gasteiger charge is -2.01. The summed E-state index contributed by atoms with van der Waals surface area (Å²) in [5.41, 5.74) is -0.172. The Morgan fingerprint density at radius 3 is 2.69 bits per heavy atom. The highest BCUT2D eigenvalue weighted by Crippen LogP contribution is 2.23. The van der Waals surface area contributed by atoms with Crippen molar-refractivity contribution in [2.75, 3.05) is 6.61 Å². The van der Waals surface area contributed by atoms with E-state index < -0.39 is 17.6 Å². The summed E-state index contributed by atoms with van der Waals surface area (Å²) >= 11 is 5.54. The highest BCUT2D eigenvalue weighted by atomic mass is 35.5. The van der Waals surface area contributed by atoms with Crippen molar-refractivity contribution in [3.8, 4) is 0 Å². The molecule has 0 aliphatic rings. The molecule has 1 aromatic rings. The van der Waals surface area contributed by atoms with E-state index in [0.29, 0.717) is 0 Å². The molecule has 2 nitrogen and oxygen atoms in total. The van der Waals surface area contributed by atoms with Gasteiger partial charge >= 0.3 is 5.97 Å². The molecule has 16 heavy (non-hydrogen) atoms. The summed E-state index contributed by atoms with van der Waals surface area (Å²) < 4.78 is 30.8. The van der Waals surface area contributed by atoms with Crippen LogP contribution in [0.2, 0.25) is 5.02 Å². The molecule has 0 saturated carbocycles. The van der Waals surface area contributed by atoms with Gasteiger partial charge in [-0.2, -0.15) is 0 Å². The monoisotopic (exact) mass is 246 g/mol. The van der Waals surface area contributed by atoms with Crippen LogP contribution < -0.4 is 0 Å². The molecule has 0 fully saturated rings. The van der Waals surface area contributed by atoms with E-state index in [-0.39, 0.29) is 17.2 Å². The van der Waals surface area contributed by atoms with Crippen molar-refractivity contribution in [1.82, 2.24) is 0 Å². The van der Waals surface area contributed by atoms with Crippen LogP contribution in [-0.4, -0.2) is 12.6 Å². The fourth-order valence-electron chi connectivity index (χ4n) is 1.04. The van der Waals surface area contributed by atoms with Crippen LogP contribution >= 0.6 is 11.6 Å². The molecule has 1 aromatic carbocycles. The fourth-order valence-corrected chi connectivity index (χ4v) is 1.25. The first-order chi connectivity index (χ1) is 7.56. The number of carbonyl (C=O) groups is 1. The maximum Gasteiger partial charge on any atom is 0.330 e. The molecule has 0 amide bonds. The first-order valence-electron chi connectivity index (χ1n) is 4.54. The van der Waals surface area contributed by atoms with Gasteiger partial charge in [-0.05, 0) is 25.1 Å². The average molecular weight is 247 g/mol. The third kappa shape index (κ3) is 3.03. The van der Waals surface area contributed by atoms with Gasteiger partial charge in [-0.3, -0.25) is 0 Å². The summed E-state index contributed by atoms with van der Waals surface area (Å²) in [5, 5.41) is -0.361. The van der Waals surface area contributed by atoms with Gasteiger partial charge in [0.15, 0.2) is 0 Å². The van der Waals surface area contributed by atoms with E-state index in [1.54, 1.807) is 6.92 Å². The highest BCUT2D eigenvalue weighted by Gasteiger charge is 2.09. The number of hydrogen-bond acceptors (Lipinski definition) is 2. The van der Waals surface area contributed by atoms with Gasteiger partial charge in [-0.1, -0.05) is 11.6 Å². The van der Waals surface area contributed by atoms with E-state index in [1.165, 1.54) is 0 Å². The fraction of sp³-hybridized carbons (Fsp3) is 0.182. The Balaban J connectivity index is 2.97. The van der Waals surface area contributed by atoms with Crippen molar-refractivity contribution in [2.24, 2.45) is 0 Å². The van der Waals surface area contributed by atoms with Crippen molar-refractivity contribution < 1.29 is 18.3 Å². The third-order valence-corrected chi connectivity index (χ3v) is 2.14. The smallest absolute Gasteiger partial charge is 0.330 e. The standard InChI is InChI=1S/C11H9ClF2O2/c1-2-16-10(15)6-3-7-8(13)4-5-9(14)11(7)12/h3-6H,2H2,1H3. The number of ether oxygens (including phenoxy) is 1. The second-order valence-corrected chi connectivity index (χ2v) is 3.22. The maximum absolute atomic E-state index is 13.2. The van der Waals surface area contributed by atoms with Crippen molar-refractivity contribution in [2.45, 2.75) is 6.92 Å². The lowest BCUT2D eigenvalue weighted by atomic mass is 10.2. The molecule has 5 heteroatoms. The van der Waals surface area contributed by atoms with Crippen molar-refractivity contribution in [3.63, 3.8) is 0 Å². The third-order valence-electron chi connectivity index (χ3n) is 1.75. The molecule has 0 unspecified atom stereocenters. The molecule has 0 aromatic heterocycles. The molecule has 0 atom stereocenters. The number of hydrogen-bond donors (Lipinski definition) is 0. The van der Waals surface area contributed by atoms with Gasteiger partial charge in [0.05, 0.1) is 11.6 Å². The molecular weight excluding hydrogens is 238 g/mol. The summed E-state index contributed by atoms with van der Waals surface area (Å²) in [6.07, 6.45) is 2.08. The van der Waals surface area contributed by atoms with Crippen LogP contribution in [0.5, 0.6) is 0 Å². The Morgan fingerprint density at radius 1 is 1.44 bits per heavy atom.